The number of rotatable bonds is 6. The third-order valence-corrected chi connectivity index (χ3v) is 7.02. The second-order valence-corrected chi connectivity index (χ2v) is 9.66. The number of nitrogens with zero attached hydrogens (tertiary/aromatic N) is 5. The van der Waals surface area contributed by atoms with Gasteiger partial charge in [-0.25, -0.2) is 12.7 Å². The van der Waals surface area contributed by atoms with E-state index in [0.717, 1.165) is 39.9 Å². The van der Waals surface area contributed by atoms with Crippen LogP contribution in [0, 0.1) is 0 Å². The third-order valence-electron chi connectivity index (χ3n) is 4.77. The van der Waals surface area contributed by atoms with Gasteiger partial charge in [-0.15, -0.1) is 10.2 Å². The van der Waals surface area contributed by atoms with Crippen LogP contribution in [0.1, 0.15) is 24.6 Å². The zero-order valence-electron chi connectivity index (χ0n) is 15.5. The second kappa shape index (κ2) is 7.61. The molecule has 0 N–H and O–H groups in total. The Labute approximate surface area is 167 Å². The van der Waals surface area contributed by atoms with E-state index in [1.54, 1.807) is 10.6 Å². The molecule has 1 saturated heterocycles. The monoisotopic (exact) mass is 419 g/mol. The number of fused-ring (bicyclic) bond motifs is 1. The van der Waals surface area contributed by atoms with Crippen LogP contribution in [0.2, 0.25) is 0 Å². The van der Waals surface area contributed by atoms with Crippen molar-refractivity contribution in [1.29, 1.82) is 0 Å². The molecule has 1 fully saturated rings. The van der Waals surface area contributed by atoms with Gasteiger partial charge in [0.1, 0.15) is 17.4 Å². The summed E-state index contributed by atoms with van der Waals surface area (Å²) in [4.78, 5) is 0.738. The Morgan fingerprint density at radius 1 is 1.25 bits per heavy atom. The van der Waals surface area contributed by atoms with Gasteiger partial charge in [0, 0.05) is 24.6 Å². The lowest BCUT2D eigenvalue weighted by atomic mass is 9.97. The number of hydrogen-bond donors (Lipinski definition) is 0. The van der Waals surface area contributed by atoms with Gasteiger partial charge in [0.2, 0.25) is 15.0 Å². The van der Waals surface area contributed by atoms with Gasteiger partial charge in [0.15, 0.2) is 5.82 Å². The van der Waals surface area contributed by atoms with Gasteiger partial charge >= 0.3 is 0 Å². The van der Waals surface area contributed by atoms with Gasteiger partial charge in [0.05, 0.1) is 6.26 Å². The Morgan fingerprint density at radius 2 is 1.96 bits per heavy atom. The van der Waals surface area contributed by atoms with E-state index >= 15 is 0 Å². The summed E-state index contributed by atoms with van der Waals surface area (Å²) >= 11 is 1.48. The van der Waals surface area contributed by atoms with Crippen molar-refractivity contribution in [3.8, 4) is 16.3 Å². The van der Waals surface area contributed by atoms with Crippen LogP contribution >= 0.6 is 11.3 Å². The molecule has 2 aromatic heterocycles. The quantitative estimate of drug-likeness (QED) is 0.571. The lowest BCUT2D eigenvalue weighted by Gasteiger charge is -2.28. The molecule has 1 aliphatic rings. The molecular formula is C18H21N5O3S2. The molecule has 148 valence electrons. The second-order valence-electron chi connectivity index (χ2n) is 6.72. The van der Waals surface area contributed by atoms with Gasteiger partial charge in [-0.05, 0) is 37.1 Å². The molecule has 28 heavy (non-hydrogen) atoms. The van der Waals surface area contributed by atoms with E-state index in [9.17, 15) is 8.42 Å². The van der Waals surface area contributed by atoms with Gasteiger partial charge in [0.25, 0.3) is 0 Å². The Balaban J connectivity index is 1.53. The van der Waals surface area contributed by atoms with Crippen molar-refractivity contribution in [2.45, 2.75) is 18.8 Å². The lowest BCUT2D eigenvalue weighted by molar-refractivity contribution is 0.313. The van der Waals surface area contributed by atoms with Gasteiger partial charge in [-0.1, -0.05) is 24.0 Å². The third kappa shape index (κ3) is 3.80. The highest BCUT2D eigenvalue weighted by atomic mass is 32.2. The Kier molecular flexibility index (Phi) is 5.17. The number of aromatic nitrogens is 4. The Bertz CT molecular complexity index is 1080. The minimum Gasteiger partial charge on any atom is -0.490 e. The molecule has 0 aliphatic carbocycles. The maximum absolute atomic E-state index is 11.7. The number of piperidine rings is 1. The number of sulfonamides is 1. The highest BCUT2D eigenvalue weighted by Crippen LogP contribution is 2.32. The molecule has 0 spiro atoms. The van der Waals surface area contributed by atoms with Crippen molar-refractivity contribution in [2.24, 2.45) is 0 Å². The largest absolute Gasteiger partial charge is 0.490 e. The summed E-state index contributed by atoms with van der Waals surface area (Å²) in [6, 6.07) is 7.74. The molecule has 0 atom stereocenters. The molecule has 1 aromatic carbocycles. The van der Waals surface area contributed by atoms with Crippen molar-refractivity contribution in [3.63, 3.8) is 0 Å². The van der Waals surface area contributed by atoms with Crippen molar-refractivity contribution in [2.75, 3.05) is 26.0 Å². The maximum atomic E-state index is 11.7. The average molecular weight is 420 g/mol. The molecular weight excluding hydrogens is 398 g/mol. The van der Waals surface area contributed by atoms with Crippen LogP contribution < -0.4 is 4.74 Å². The van der Waals surface area contributed by atoms with Crippen LogP contribution in [0.25, 0.3) is 15.5 Å². The van der Waals surface area contributed by atoms with E-state index in [2.05, 4.69) is 16.8 Å². The summed E-state index contributed by atoms with van der Waals surface area (Å²) in [6.45, 7) is 5.11. The zero-order valence-corrected chi connectivity index (χ0v) is 17.1. The fraction of sp³-hybridized carbons (Fsp3) is 0.389. The SMILES string of the molecule is C=CCOc1ccc(-c2nn3c(C4CCN(S(C)(=O)=O)CC4)nnc3s2)cc1. The Morgan fingerprint density at radius 3 is 2.61 bits per heavy atom. The van der Waals surface area contributed by atoms with Crippen LogP contribution in [-0.2, 0) is 10.0 Å². The molecule has 0 saturated carbocycles. The highest BCUT2D eigenvalue weighted by molar-refractivity contribution is 7.88. The molecule has 8 nitrogen and oxygen atoms in total. The summed E-state index contributed by atoms with van der Waals surface area (Å²) in [7, 11) is -3.14. The predicted octanol–water partition coefficient (Wildman–Crippen LogP) is 2.56. The minimum atomic E-state index is -3.14. The summed E-state index contributed by atoms with van der Waals surface area (Å²) in [5.41, 5.74) is 0.985. The topological polar surface area (TPSA) is 89.7 Å². The van der Waals surface area contributed by atoms with E-state index in [4.69, 9.17) is 9.84 Å². The summed E-state index contributed by atoms with van der Waals surface area (Å²) in [5.74, 6) is 1.74. The van der Waals surface area contributed by atoms with Crippen LogP contribution in [0.3, 0.4) is 0 Å². The molecule has 3 heterocycles. The molecule has 1 aliphatic heterocycles. The fourth-order valence-electron chi connectivity index (χ4n) is 3.30. The van der Waals surface area contributed by atoms with Crippen molar-refractivity contribution < 1.29 is 13.2 Å². The van der Waals surface area contributed by atoms with Crippen LogP contribution in [0.4, 0.5) is 0 Å². The fourth-order valence-corrected chi connectivity index (χ4v) is 5.02. The summed E-state index contributed by atoms with van der Waals surface area (Å²) in [6.07, 6.45) is 4.40. The highest BCUT2D eigenvalue weighted by Gasteiger charge is 2.29. The molecule has 0 amide bonds. The van der Waals surface area contributed by atoms with Gasteiger partial charge in [-0.2, -0.15) is 9.61 Å². The average Bonchev–Trinajstić information content (AvgIpc) is 3.27. The first-order valence-electron chi connectivity index (χ1n) is 8.97. The normalized spacial score (nSPS) is 16.5. The van der Waals surface area contributed by atoms with Gasteiger partial charge in [-0.3, -0.25) is 0 Å². The first-order chi connectivity index (χ1) is 13.5. The molecule has 10 heteroatoms. The molecule has 0 bridgehead atoms. The van der Waals surface area contributed by atoms with Crippen molar-refractivity contribution in [1.82, 2.24) is 24.1 Å². The van der Waals surface area contributed by atoms with E-state index in [-0.39, 0.29) is 5.92 Å². The zero-order chi connectivity index (χ0) is 19.7. The van der Waals surface area contributed by atoms with Gasteiger partial charge < -0.3 is 4.74 Å². The standard InChI is InChI=1S/C18H21N5O3S2/c1-3-12-26-15-6-4-14(5-7-15)17-21-23-16(19-20-18(23)27-17)13-8-10-22(11-9-13)28(2,24)25/h3-7,13H,1,8-12H2,2H3. The molecule has 3 aromatic rings. The molecule has 4 rings (SSSR count). The summed E-state index contributed by atoms with van der Waals surface area (Å²) in [5, 5.41) is 14.1. The smallest absolute Gasteiger partial charge is 0.234 e. The molecule has 0 radical (unpaired) electrons. The van der Waals surface area contributed by atoms with E-state index < -0.39 is 10.0 Å². The first kappa shape index (κ1) is 19.0. The summed E-state index contributed by atoms with van der Waals surface area (Å²) < 4.78 is 32.2. The van der Waals surface area contributed by atoms with Crippen LogP contribution in [0.15, 0.2) is 36.9 Å². The number of hydrogen-bond acceptors (Lipinski definition) is 7. The molecule has 0 unspecified atom stereocenters. The van der Waals surface area contributed by atoms with Crippen LogP contribution in [-0.4, -0.2) is 58.5 Å². The Hall–Kier alpha value is -2.30. The van der Waals surface area contributed by atoms with Crippen molar-refractivity contribution in [3.05, 3.63) is 42.7 Å². The van der Waals surface area contributed by atoms with E-state index in [1.807, 2.05) is 24.3 Å². The lowest BCUT2D eigenvalue weighted by Crippen LogP contribution is -2.37. The minimum absolute atomic E-state index is 0.151. The number of benzene rings is 1. The predicted molar refractivity (Wildman–Crippen MR) is 108 cm³/mol. The first-order valence-corrected chi connectivity index (χ1v) is 11.6. The van der Waals surface area contributed by atoms with Crippen molar-refractivity contribution >= 4 is 26.3 Å². The van der Waals surface area contributed by atoms with E-state index in [0.29, 0.717) is 19.7 Å². The maximum Gasteiger partial charge on any atom is 0.234 e. The van der Waals surface area contributed by atoms with Crippen LogP contribution in [0.5, 0.6) is 5.75 Å². The number of ether oxygens (including phenoxy) is 1. The van der Waals surface area contributed by atoms with E-state index in [1.165, 1.54) is 21.9 Å².